The van der Waals surface area contributed by atoms with Gasteiger partial charge in [0.05, 0.1) is 10.0 Å². The van der Waals surface area contributed by atoms with E-state index in [1.807, 2.05) is 12.1 Å². The molecule has 3 nitrogen and oxygen atoms in total. The number of hydrogen-bond donors (Lipinski definition) is 1. The van der Waals surface area contributed by atoms with Crippen LogP contribution in [0.3, 0.4) is 0 Å². The Morgan fingerprint density at radius 1 is 1.26 bits per heavy atom. The summed E-state index contributed by atoms with van der Waals surface area (Å²) in [7, 11) is 0. The maximum Gasteiger partial charge on any atom is 0.339 e. The summed E-state index contributed by atoms with van der Waals surface area (Å²) >= 11 is 9.13. The fourth-order valence-corrected chi connectivity index (χ4v) is 2.20. The third kappa shape index (κ3) is 3.49. The number of ether oxygens (including phenoxy) is 1. The van der Waals surface area contributed by atoms with Gasteiger partial charge in [0.25, 0.3) is 0 Å². The molecule has 19 heavy (non-hydrogen) atoms. The van der Waals surface area contributed by atoms with Crippen LogP contribution in [-0.4, -0.2) is 5.97 Å². The van der Waals surface area contributed by atoms with Gasteiger partial charge < -0.3 is 10.5 Å². The van der Waals surface area contributed by atoms with Crippen molar-refractivity contribution in [1.29, 1.82) is 0 Å². The second-order valence-corrected chi connectivity index (χ2v) is 5.14. The molecule has 0 amide bonds. The van der Waals surface area contributed by atoms with Crippen LogP contribution in [0, 0.1) is 0 Å². The van der Waals surface area contributed by atoms with Gasteiger partial charge >= 0.3 is 5.97 Å². The highest BCUT2D eigenvalue weighted by molar-refractivity contribution is 9.10. The van der Waals surface area contributed by atoms with Gasteiger partial charge in [-0.1, -0.05) is 29.8 Å². The van der Waals surface area contributed by atoms with E-state index in [-0.39, 0.29) is 6.61 Å². The van der Waals surface area contributed by atoms with Crippen LogP contribution in [0.4, 0.5) is 5.69 Å². The third-order valence-electron chi connectivity index (χ3n) is 2.51. The van der Waals surface area contributed by atoms with Gasteiger partial charge in [0.1, 0.15) is 6.61 Å². The number of rotatable bonds is 3. The average Bonchev–Trinajstić information content (AvgIpc) is 2.39. The molecule has 0 aliphatic rings. The first-order valence-electron chi connectivity index (χ1n) is 5.53. The molecule has 2 aromatic carbocycles. The molecule has 0 saturated heterocycles. The summed E-state index contributed by atoms with van der Waals surface area (Å²) < 4.78 is 5.77. The number of anilines is 1. The Labute approximate surface area is 124 Å². The quantitative estimate of drug-likeness (QED) is 0.677. The molecular formula is C14H11BrClNO2. The topological polar surface area (TPSA) is 52.3 Å². The number of benzene rings is 2. The van der Waals surface area contributed by atoms with Gasteiger partial charge in [0.2, 0.25) is 0 Å². The van der Waals surface area contributed by atoms with Crippen LogP contribution in [0.1, 0.15) is 15.9 Å². The Bertz CT molecular complexity index is 616. The molecule has 2 N–H and O–H groups in total. The largest absolute Gasteiger partial charge is 0.457 e. The highest BCUT2D eigenvalue weighted by Crippen LogP contribution is 2.24. The van der Waals surface area contributed by atoms with Crippen molar-refractivity contribution < 1.29 is 9.53 Å². The maximum atomic E-state index is 11.9. The molecule has 0 radical (unpaired) electrons. The van der Waals surface area contributed by atoms with Crippen LogP contribution in [0.2, 0.25) is 5.02 Å². The highest BCUT2D eigenvalue weighted by Gasteiger charge is 2.13. The smallest absolute Gasteiger partial charge is 0.339 e. The Balaban J connectivity index is 2.08. The van der Waals surface area contributed by atoms with E-state index in [0.717, 1.165) is 5.56 Å². The van der Waals surface area contributed by atoms with Crippen LogP contribution in [-0.2, 0) is 11.3 Å². The Morgan fingerprint density at radius 3 is 2.74 bits per heavy atom. The molecule has 0 saturated carbocycles. The van der Waals surface area contributed by atoms with E-state index in [1.54, 1.807) is 30.3 Å². The number of carbonyl (C=O) groups is 1. The summed E-state index contributed by atoms with van der Waals surface area (Å²) in [6.45, 7) is 0.167. The van der Waals surface area contributed by atoms with E-state index in [2.05, 4.69) is 15.9 Å². The van der Waals surface area contributed by atoms with Crippen molar-refractivity contribution in [3.05, 3.63) is 63.1 Å². The van der Waals surface area contributed by atoms with Gasteiger partial charge in [0, 0.05) is 10.7 Å². The summed E-state index contributed by atoms with van der Waals surface area (Å²) in [5.74, 6) is -0.431. The van der Waals surface area contributed by atoms with Crippen molar-refractivity contribution in [2.45, 2.75) is 6.61 Å². The van der Waals surface area contributed by atoms with Gasteiger partial charge in [-0.15, -0.1) is 0 Å². The molecule has 0 fully saturated rings. The number of carbonyl (C=O) groups excluding carboxylic acids is 1. The lowest BCUT2D eigenvalue weighted by Gasteiger charge is -2.08. The van der Waals surface area contributed by atoms with Gasteiger partial charge in [-0.3, -0.25) is 0 Å². The summed E-state index contributed by atoms with van der Waals surface area (Å²) in [6, 6.07) is 12.2. The fraction of sp³-hybridized carbons (Fsp3) is 0.0714. The van der Waals surface area contributed by atoms with E-state index in [9.17, 15) is 4.79 Å². The zero-order chi connectivity index (χ0) is 13.8. The zero-order valence-electron chi connectivity index (χ0n) is 9.90. The molecule has 2 rings (SSSR count). The van der Waals surface area contributed by atoms with Crippen molar-refractivity contribution in [2.24, 2.45) is 0 Å². The Hall–Kier alpha value is -1.52. The minimum absolute atomic E-state index is 0.167. The predicted molar refractivity (Wildman–Crippen MR) is 79.1 cm³/mol. The minimum atomic E-state index is -0.431. The lowest BCUT2D eigenvalue weighted by Crippen LogP contribution is -2.07. The van der Waals surface area contributed by atoms with Crippen molar-refractivity contribution in [2.75, 3.05) is 5.73 Å². The van der Waals surface area contributed by atoms with E-state index in [0.29, 0.717) is 20.7 Å². The molecular weight excluding hydrogens is 330 g/mol. The maximum absolute atomic E-state index is 11.9. The normalized spacial score (nSPS) is 10.2. The molecule has 5 heteroatoms. The molecule has 98 valence electrons. The molecule has 0 spiro atoms. The second-order valence-electron chi connectivity index (χ2n) is 3.91. The second kappa shape index (κ2) is 6.08. The third-order valence-corrected chi connectivity index (χ3v) is 3.63. The molecule has 0 unspecified atom stereocenters. The van der Waals surface area contributed by atoms with Crippen LogP contribution in [0.5, 0.6) is 0 Å². The zero-order valence-corrected chi connectivity index (χ0v) is 12.2. The van der Waals surface area contributed by atoms with Gasteiger partial charge in [-0.2, -0.15) is 0 Å². The number of nitrogen functional groups attached to an aromatic ring is 1. The fourth-order valence-electron chi connectivity index (χ4n) is 1.56. The monoisotopic (exact) mass is 339 g/mol. The lowest BCUT2D eigenvalue weighted by molar-refractivity contribution is 0.0471. The van der Waals surface area contributed by atoms with Crippen LogP contribution < -0.4 is 5.73 Å². The summed E-state index contributed by atoms with van der Waals surface area (Å²) in [5.41, 5.74) is 7.45. The molecule has 0 heterocycles. The number of nitrogens with two attached hydrogens (primary N) is 1. The van der Waals surface area contributed by atoms with Gasteiger partial charge in [0.15, 0.2) is 0 Å². The van der Waals surface area contributed by atoms with E-state index < -0.39 is 5.97 Å². The molecule has 0 aliphatic heterocycles. The van der Waals surface area contributed by atoms with Gasteiger partial charge in [-0.05, 0) is 45.8 Å². The standard InChI is InChI=1S/C14H11BrClNO2/c15-13-11(5-2-6-12(13)17)14(18)19-8-9-3-1-4-10(16)7-9/h1-7H,8,17H2. The Morgan fingerprint density at radius 2 is 2.00 bits per heavy atom. The van der Waals surface area contributed by atoms with E-state index >= 15 is 0 Å². The van der Waals surface area contributed by atoms with Crippen molar-refractivity contribution in [1.82, 2.24) is 0 Å². The van der Waals surface area contributed by atoms with Crippen LogP contribution >= 0.6 is 27.5 Å². The first-order chi connectivity index (χ1) is 9.08. The minimum Gasteiger partial charge on any atom is -0.457 e. The molecule has 0 aliphatic carbocycles. The molecule has 0 aromatic heterocycles. The Kier molecular flexibility index (Phi) is 4.45. The SMILES string of the molecule is Nc1cccc(C(=O)OCc2cccc(Cl)c2)c1Br. The number of halogens is 2. The number of hydrogen-bond acceptors (Lipinski definition) is 3. The first kappa shape index (κ1) is 13.9. The molecule has 0 atom stereocenters. The van der Waals surface area contributed by atoms with Crippen molar-refractivity contribution >= 4 is 39.2 Å². The van der Waals surface area contributed by atoms with Crippen LogP contribution in [0.25, 0.3) is 0 Å². The predicted octanol–water partition coefficient (Wildman–Crippen LogP) is 4.04. The molecule has 2 aromatic rings. The lowest BCUT2D eigenvalue weighted by atomic mass is 10.2. The van der Waals surface area contributed by atoms with E-state index in [4.69, 9.17) is 22.1 Å². The van der Waals surface area contributed by atoms with Crippen molar-refractivity contribution in [3.63, 3.8) is 0 Å². The van der Waals surface area contributed by atoms with Crippen LogP contribution in [0.15, 0.2) is 46.9 Å². The first-order valence-corrected chi connectivity index (χ1v) is 6.70. The van der Waals surface area contributed by atoms with Gasteiger partial charge in [-0.25, -0.2) is 4.79 Å². The summed E-state index contributed by atoms with van der Waals surface area (Å²) in [5, 5.41) is 0.610. The summed E-state index contributed by atoms with van der Waals surface area (Å²) in [6.07, 6.45) is 0. The summed E-state index contributed by atoms with van der Waals surface area (Å²) in [4.78, 5) is 11.9. The molecule has 0 bridgehead atoms. The highest BCUT2D eigenvalue weighted by atomic mass is 79.9. The van der Waals surface area contributed by atoms with E-state index in [1.165, 1.54) is 0 Å². The van der Waals surface area contributed by atoms with Crippen molar-refractivity contribution in [3.8, 4) is 0 Å². The number of esters is 1. The average molecular weight is 341 g/mol.